The number of pyridine rings is 1. The summed E-state index contributed by atoms with van der Waals surface area (Å²) >= 11 is 6.90. The van der Waals surface area contributed by atoms with Gasteiger partial charge in [0, 0.05) is 60.2 Å². The van der Waals surface area contributed by atoms with Gasteiger partial charge in [-0.25, -0.2) is 4.98 Å². The number of nitrogen functional groups attached to an aromatic ring is 1. The van der Waals surface area contributed by atoms with Crippen molar-refractivity contribution in [1.82, 2.24) is 9.88 Å². The summed E-state index contributed by atoms with van der Waals surface area (Å²) < 4.78 is 6.18. The number of nitrogens with two attached hydrogens (primary N) is 3. The van der Waals surface area contributed by atoms with Crippen molar-refractivity contribution in [2.75, 3.05) is 26.4 Å². The van der Waals surface area contributed by atoms with Crippen LogP contribution in [0, 0.1) is 12.8 Å². The minimum atomic E-state index is -0.135. The largest absolute Gasteiger partial charge is 0.490 e. The van der Waals surface area contributed by atoms with Gasteiger partial charge >= 0.3 is 0 Å². The third kappa shape index (κ3) is 10.8. The molecule has 11 heteroatoms. The van der Waals surface area contributed by atoms with Crippen molar-refractivity contribution in [3.8, 4) is 17.0 Å². The average Bonchev–Trinajstić information content (AvgIpc) is 4.06. The fourth-order valence-electron chi connectivity index (χ4n) is 5.68. The molecule has 0 bridgehead atoms. The van der Waals surface area contributed by atoms with Crippen LogP contribution < -0.4 is 21.9 Å². The van der Waals surface area contributed by atoms with Crippen molar-refractivity contribution >= 4 is 42.2 Å². The highest BCUT2D eigenvalue weighted by atomic mass is 35.5. The molecule has 2 aromatic carbocycles. The highest BCUT2D eigenvalue weighted by Gasteiger charge is 2.36. The molecule has 2 unspecified atom stereocenters. The minimum Gasteiger partial charge on any atom is -0.490 e. The molecule has 0 spiro atoms. The summed E-state index contributed by atoms with van der Waals surface area (Å²) in [5.74, 6) is 1.74. The zero-order valence-electron chi connectivity index (χ0n) is 30.8. The normalized spacial score (nSPS) is 15.9. The molecular formula is C39H55ClN6O4. The molecule has 272 valence electrons. The van der Waals surface area contributed by atoms with Gasteiger partial charge in [-0.3, -0.25) is 19.4 Å². The van der Waals surface area contributed by atoms with Crippen molar-refractivity contribution in [3.63, 3.8) is 0 Å². The van der Waals surface area contributed by atoms with E-state index >= 15 is 0 Å². The molecule has 10 nitrogen and oxygen atoms in total. The van der Waals surface area contributed by atoms with E-state index in [9.17, 15) is 4.79 Å². The average molecular weight is 707 g/mol. The summed E-state index contributed by atoms with van der Waals surface area (Å²) in [6.07, 6.45) is 8.07. The SMILES string of the molecule is CC.CC.Cc1cc(CC(c2cc3c(c(-c4cccc(C(=O)N(C)C)c4Cl)n2)OCC3C)C2CC2)cc(C=NC2CC2)c1N.NC=O.NC=O. The second-order valence-corrected chi connectivity index (χ2v) is 12.6. The van der Waals surface area contributed by atoms with Gasteiger partial charge < -0.3 is 26.8 Å². The number of ether oxygens (including phenoxy) is 1. The lowest BCUT2D eigenvalue weighted by Crippen LogP contribution is -2.22. The number of carbonyl (C=O) groups excluding carboxylic acids is 3. The zero-order chi connectivity index (χ0) is 37.5. The first-order chi connectivity index (χ1) is 24.0. The Labute approximate surface area is 302 Å². The second kappa shape index (κ2) is 20.3. The topological polar surface area (TPSA) is 167 Å². The molecule has 2 fully saturated rings. The predicted molar refractivity (Wildman–Crippen MR) is 205 cm³/mol. The van der Waals surface area contributed by atoms with Crippen LogP contribution in [0.5, 0.6) is 5.75 Å². The standard InChI is InChI=1S/C33H37ClN4O2.2C2H6.2CH3NO/c1-18-12-20(13-22(30(18)35)16-36-23-10-11-23)14-27(21-8-9-21)28-15-26-19(2)17-40-32(26)31(37-28)24-6-5-7-25(29(24)34)33(39)38(3)4;2*1-2;2*2-1-3/h5-7,12-13,15-16,19,21,23,27H,8-11,14,17,35H2,1-4H3;2*1-2H3;2*1H,(H2,2,3). The summed E-state index contributed by atoms with van der Waals surface area (Å²) in [6, 6.07) is 12.7. The third-order valence-electron chi connectivity index (χ3n) is 8.40. The van der Waals surface area contributed by atoms with Crippen molar-refractivity contribution in [1.29, 1.82) is 0 Å². The second-order valence-electron chi connectivity index (χ2n) is 12.2. The number of nitrogens with zero attached hydrogens (tertiary/aromatic N) is 3. The monoisotopic (exact) mass is 706 g/mol. The number of carbonyl (C=O) groups is 3. The number of benzene rings is 2. The van der Waals surface area contributed by atoms with Crippen LogP contribution in [0.4, 0.5) is 5.69 Å². The summed E-state index contributed by atoms with van der Waals surface area (Å²) in [4.78, 5) is 41.5. The summed E-state index contributed by atoms with van der Waals surface area (Å²) in [5, 5.41) is 0.410. The van der Waals surface area contributed by atoms with Crippen LogP contribution in [0.2, 0.25) is 5.02 Å². The molecule has 2 heterocycles. The van der Waals surface area contributed by atoms with Crippen LogP contribution in [0.1, 0.15) is 110 Å². The number of halogens is 1. The van der Waals surface area contributed by atoms with Crippen LogP contribution in [0.15, 0.2) is 41.4 Å². The number of fused-ring (bicyclic) bond motifs is 1. The molecular weight excluding hydrogens is 652 g/mol. The van der Waals surface area contributed by atoms with Gasteiger partial charge in [0.1, 0.15) is 11.4 Å². The Hall–Kier alpha value is -4.44. The maximum Gasteiger partial charge on any atom is 0.254 e. The fourth-order valence-corrected chi connectivity index (χ4v) is 5.98. The van der Waals surface area contributed by atoms with Gasteiger partial charge in [0.25, 0.3) is 5.91 Å². The Bertz CT molecular complexity index is 1610. The number of aryl methyl sites for hydroxylation is 1. The minimum absolute atomic E-state index is 0.135. The van der Waals surface area contributed by atoms with E-state index in [-0.39, 0.29) is 30.6 Å². The fraction of sp³-hybridized carbons (Fsp3) is 0.462. The molecule has 1 aromatic heterocycles. The van der Waals surface area contributed by atoms with E-state index in [1.54, 1.807) is 25.1 Å². The molecule has 0 saturated heterocycles. The van der Waals surface area contributed by atoms with Gasteiger partial charge in [-0.05, 0) is 74.3 Å². The zero-order valence-corrected chi connectivity index (χ0v) is 31.6. The summed E-state index contributed by atoms with van der Waals surface area (Å²) in [7, 11) is 3.46. The quantitative estimate of drug-likeness (QED) is 0.129. The number of rotatable bonds is 8. The Kier molecular flexibility index (Phi) is 16.9. The molecule has 0 radical (unpaired) electrons. The molecule has 6 rings (SSSR count). The maximum atomic E-state index is 12.8. The van der Waals surface area contributed by atoms with Gasteiger partial charge in [-0.1, -0.05) is 64.4 Å². The van der Waals surface area contributed by atoms with E-state index in [2.05, 4.69) is 43.5 Å². The van der Waals surface area contributed by atoms with Crippen molar-refractivity contribution in [2.24, 2.45) is 22.4 Å². The van der Waals surface area contributed by atoms with Gasteiger partial charge in [0.15, 0.2) is 0 Å². The molecule has 1 aliphatic heterocycles. The molecule has 2 saturated carbocycles. The Morgan fingerprint density at radius 3 is 2.24 bits per heavy atom. The first kappa shape index (κ1) is 41.7. The van der Waals surface area contributed by atoms with E-state index < -0.39 is 0 Å². The number of primary amides is 2. The van der Waals surface area contributed by atoms with Gasteiger partial charge in [0.05, 0.1) is 23.2 Å². The lowest BCUT2D eigenvalue weighted by atomic mass is 9.87. The van der Waals surface area contributed by atoms with Crippen LogP contribution in [0.3, 0.4) is 0 Å². The Morgan fingerprint density at radius 2 is 1.68 bits per heavy atom. The number of hydrogen-bond donors (Lipinski definition) is 3. The van der Waals surface area contributed by atoms with Crippen LogP contribution in [0.25, 0.3) is 11.3 Å². The molecule has 3 amide bonds. The van der Waals surface area contributed by atoms with Crippen LogP contribution in [-0.4, -0.2) is 61.6 Å². The number of hydrogen-bond acceptors (Lipinski definition) is 7. The van der Waals surface area contributed by atoms with E-state index in [1.807, 2.05) is 46.0 Å². The van der Waals surface area contributed by atoms with Crippen molar-refractivity contribution in [3.05, 3.63) is 74.9 Å². The van der Waals surface area contributed by atoms with E-state index in [0.717, 1.165) is 51.5 Å². The molecule has 2 atom stereocenters. The number of amides is 3. The van der Waals surface area contributed by atoms with E-state index in [4.69, 9.17) is 41.6 Å². The number of aliphatic imine (C=N–C) groups is 1. The highest BCUT2D eigenvalue weighted by molar-refractivity contribution is 6.36. The highest BCUT2D eigenvalue weighted by Crippen LogP contribution is 2.49. The third-order valence-corrected chi connectivity index (χ3v) is 8.80. The smallest absolute Gasteiger partial charge is 0.254 e. The van der Waals surface area contributed by atoms with E-state index in [0.29, 0.717) is 29.2 Å². The molecule has 3 aliphatic rings. The first-order valence-electron chi connectivity index (χ1n) is 17.5. The molecule has 50 heavy (non-hydrogen) atoms. The Balaban J connectivity index is 0.000000787. The number of aromatic nitrogens is 1. The predicted octanol–water partition coefficient (Wildman–Crippen LogP) is 7.06. The van der Waals surface area contributed by atoms with Crippen LogP contribution >= 0.6 is 11.6 Å². The van der Waals surface area contributed by atoms with E-state index in [1.165, 1.54) is 31.2 Å². The van der Waals surface area contributed by atoms with Crippen molar-refractivity contribution < 1.29 is 19.1 Å². The molecule has 3 aromatic rings. The van der Waals surface area contributed by atoms with Crippen molar-refractivity contribution in [2.45, 2.75) is 91.5 Å². The first-order valence-corrected chi connectivity index (χ1v) is 17.8. The summed E-state index contributed by atoms with van der Waals surface area (Å²) in [6.45, 7) is 12.9. The maximum absolute atomic E-state index is 12.8. The Morgan fingerprint density at radius 1 is 1.06 bits per heavy atom. The number of anilines is 1. The molecule has 6 N–H and O–H groups in total. The lowest BCUT2D eigenvalue weighted by Gasteiger charge is -2.21. The summed E-state index contributed by atoms with van der Waals surface area (Å²) in [5.41, 5.74) is 23.1. The lowest BCUT2D eigenvalue weighted by molar-refractivity contribution is -0.107. The van der Waals surface area contributed by atoms with Gasteiger partial charge in [-0.2, -0.15) is 0 Å². The van der Waals surface area contributed by atoms with Gasteiger partial charge in [-0.15, -0.1) is 0 Å². The molecule has 2 aliphatic carbocycles. The van der Waals surface area contributed by atoms with Crippen LogP contribution in [-0.2, 0) is 16.0 Å². The van der Waals surface area contributed by atoms with Gasteiger partial charge in [0.2, 0.25) is 12.8 Å².